The molecule has 6 heteroatoms. The Bertz CT molecular complexity index is 1300. The molecule has 6 rings (SSSR count). The van der Waals surface area contributed by atoms with Crippen LogP contribution >= 0.6 is 11.6 Å². The summed E-state index contributed by atoms with van der Waals surface area (Å²) in [6, 6.07) is 18.4. The van der Waals surface area contributed by atoms with Gasteiger partial charge in [0, 0.05) is 29.2 Å². The zero-order valence-electron chi connectivity index (χ0n) is 17.7. The lowest BCUT2D eigenvalue weighted by Crippen LogP contribution is -2.50. The highest BCUT2D eigenvalue weighted by molar-refractivity contribution is 6.30. The van der Waals surface area contributed by atoms with E-state index in [2.05, 4.69) is 48.3 Å². The topological polar surface area (TPSA) is 46.0 Å². The van der Waals surface area contributed by atoms with Crippen LogP contribution in [0.25, 0.3) is 27.8 Å². The van der Waals surface area contributed by atoms with Gasteiger partial charge in [-0.25, -0.2) is 9.67 Å². The molecule has 5 nitrogen and oxygen atoms in total. The molecule has 2 aliphatic rings. The van der Waals surface area contributed by atoms with Crippen molar-refractivity contribution >= 4 is 28.5 Å². The Morgan fingerprint density at radius 2 is 1.84 bits per heavy atom. The summed E-state index contributed by atoms with van der Waals surface area (Å²) < 4.78 is 1.97. The van der Waals surface area contributed by atoms with Crippen LogP contribution in [0.5, 0.6) is 0 Å². The number of benzene rings is 2. The van der Waals surface area contributed by atoms with Gasteiger partial charge in [0.05, 0.1) is 22.4 Å². The third kappa shape index (κ3) is 2.87. The molecule has 0 saturated carbocycles. The molecule has 2 aromatic heterocycles. The first-order chi connectivity index (χ1) is 15.0. The third-order valence-electron chi connectivity index (χ3n) is 6.75. The predicted octanol–water partition coefficient (Wildman–Crippen LogP) is 5.79. The lowest BCUT2D eigenvalue weighted by Gasteiger charge is -2.42. The Morgan fingerprint density at radius 1 is 1.06 bits per heavy atom. The summed E-state index contributed by atoms with van der Waals surface area (Å²) in [5, 5.41) is 10.5. The molecule has 2 aromatic carbocycles. The zero-order chi connectivity index (χ0) is 21.2. The molecule has 2 aliphatic heterocycles. The summed E-state index contributed by atoms with van der Waals surface area (Å²) in [5.41, 5.74) is 6.43. The Kier molecular flexibility index (Phi) is 4.14. The van der Waals surface area contributed by atoms with E-state index in [1.165, 1.54) is 17.5 Å². The number of hydrogen-bond acceptors (Lipinski definition) is 4. The molecule has 156 valence electrons. The fourth-order valence-electron chi connectivity index (χ4n) is 5.16. The molecule has 0 bridgehead atoms. The second-order valence-corrected chi connectivity index (χ2v) is 9.21. The van der Waals surface area contributed by atoms with E-state index >= 15 is 0 Å². The van der Waals surface area contributed by atoms with E-state index < -0.39 is 0 Å². The lowest BCUT2D eigenvalue weighted by molar-refractivity contribution is 0.165. The van der Waals surface area contributed by atoms with Gasteiger partial charge in [-0.05, 0) is 56.5 Å². The summed E-state index contributed by atoms with van der Waals surface area (Å²) in [7, 11) is 0. The number of aryl methyl sites for hydroxylation is 1. The minimum atomic E-state index is -0.0441. The van der Waals surface area contributed by atoms with E-state index in [4.69, 9.17) is 21.7 Å². The van der Waals surface area contributed by atoms with Crippen molar-refractivity contribution in [2.24, 2.45) is 0 Å². The number of fused-ring (bicyclic) bond motifs is 3. The number of aromatic nitrogens is 3. The van der Waals surface area contributed by atoms with Crippen molar-refractivity contribution in [3.8, 4) is 16.8 Å². The van der Waals surface area contributed by atoms with Crippen LogP contribution in [0.1, 0.15) is 31.0 Å². The largest absolute Gasteiger partial charge is 0.352 e. The van der Waals surface area contributed by atoms with Crippen LogP contribution in [-0.4, -0.2) is 31.9 Å². The Morgan fingerprint density at radius 3 is 2.61 bits per heavy atom. The highest BCUT2D eigenvalue weighted by atomic mass is 35.5. The number of nitrogens with one attached hydrogen (secondary N) is 1. The van der Waals surface area contributed by atoms with Crippen molar-refractivity contribution in [1.82, 2.24) is 19.7 Å². The maximum absolute atomic E-state index is 6.22. The maximum atomic E-state index is 6.22. The van der Waals surface area contributed by atoms with Gasteiger partial charge in [0.25, 0.3) is 0 Å². The average Bonchev–Trinajstić information content (AvgIpc) is 3.31. The molecule has 0 amide bonds. The first-order valence-electron chi connectivity index (χ1n) is 10.8. The Balaban J connectivity index is 1.68. The van der Waals surface area contributed by atoms with Crippen LogP contribution in [0.2, 0.25) is 5.02 Å². The van der Waals surface area contributed by atoms with Gasteiger partial charge < -0.3 is 5.32 Å². The van der Waals surface area contributed by atoms with Crippen molar-refractivity contribution < 1.29 is 0 Å². The van der Waals surface area contributed by atoms with Gasteiger partial charge in [-0.15, -0.1) is 0 Å². The van der Waals surface area contributed by atoms with Crippen LogP contribution in [0.3, 0.4) is 0 Å². The molecule has 1 saturated heterocycles. The molecular formula is C25H24ClN5. The lowest BCUT2D eigenvalue weighted by atomic mass is 9.93. The van der Waals surface area contributed by atoms with Gasteiger partial charge in [-0.2, -0.15) is 5.10 Å². The van der Waals surface area contributed by atoms with Crippen LogP contribution in [0, 0.1) is 6.92 Å². The first kappa shape index (κ1) is 18.8. The van der Waals surface area contributed by atoms with E-state index in [1.807, 2.05) is 35.0 Å². The smallest absolute Gasteiger partial charge is 0.166 e. The molecule has 0 spiro atoms. The summed E-state index contributed by atoms with van der Waals surface area (Å²) in [5.74, 6) is 0.968. The monoisotopic (exact) mass is 429 g/mol. The minimum Gasteiger partial charge on any atom is -0.352 e. The second kappa shape index (κ2) is 6.81. The summed E-state index contributed by atoms with van der Waals surface area (Å²) in [6.45, 7) is 6.35. The number of halogens is 1. The third-order valence-corrected chi connectivity index (χ3v) is 7.00. The minimum absolute atomic E-state index is 0.0441. The van der Waals surface area contributed by atoms with Crippen LogP contribution in [-0.2, 0) is 6.54 Å². The highest BCUT2D eigenvalue weighted by Crippen LogP contribution is 2.44. The van der Waals surface area contributed by atoms with E-state index in [0.29, 0.717) is 0 Å². The van der Waals surface area contributed by atoms with Crippen molar-refractivity contribution in [3.05, 3.63) is 70.9 Å². The van der Waals surface area contributed by atoms with Crippen molar-refractivity contribution in [1.29, 1.82) is 0 Å². The van der Waals surface area contributed by atoms with E-state index in [9.17, 15) is 0 Å². The molecule has 1 fully saturated rings. The highest BCUT2D eigenvalue weighted by Gasteiger charge is 2.42. The molecule has 0 radical (unpaired) electrons. The molecule has 0 aliphatic carbocycles. The van der Waals surface area contributed by atoms with Crippen LogP contribution in [0.4, 0.5) is 5.82 Å². The molecule has 1 N–H and O–H groups in total. The van der Waals surface area contributed by atoms with Gasteiger partial charge in [0.1, 0.15) is 5.82 Å². The van der Waals surface area contributed by atoms with Crippen molar-refractivity contribution in [2.75, 3.05) is 11.9 Å². The Labute approximate surface area is 186 Å². The molecular weight excluding hydrogens is 406 g/mol. The van der Waals surface area contributed by atoms with Gasteiger partial charge >= 0.3 is 0 Å². The average molecular weight is 430 g/mol. The van der Waals surface area contributed by atoms with Gasteiger partial charge in [-0.1, -0.05) is 41.9 Å². The maximum Gasteiger partial charge on any atom is 0.166 e. The number of hydrogen-bond donors (Lipinski definition) is 1. The van der Waals surface area contributed by atoms with Gasteiger partial charge in [0.15, 0.2) is 5.65 Å². The zero-order valence-corrected chi connectivity index (χ0v) is 18.4. The first-order valence-corrected chi connectivity index (χ1v) is 11.2. The molecule has 31 heavy (non-hydrogen) atoms. The van der Waals surface area contributed by atoms with Gasteiger partial charge in [-0.3, -0.25) is 4.90 Å². The fourth-order valence-corrected chi connectivity index (χ4v) is 5.28. The summed E-state index contributed by atoms with van der Waals surface area (Å²) in [4.78, 5) is 7.70. The van der Waals surface area contributed by atoms with Crippen molar-refractivity contribution in [2.45, 2.75) is 38.9 Å². The quantitative estimate of drug-likeness (QED) is 0.438. The summed E-state index contributed by atoms with van der Waals surface area (Å²) in [6.07, 6.45) is 2.32. The number of anilines is 1. The van der Waals surface area contributed by atoms with E-state index in [1.54, 1.807) is 0 Å². The number of para-hydroxylation sites is 1. The van der Waals surface area contributed by atoms with E-state index in [0.717, 1.165) is 58.3 Å². The molecule has 4 aromatic rings. The standard InChI is InChI=1S/C25H24ClN5/c1-16-21-22(17-9-11-18(26)12-10-17)20-15-30-14-6-13-25(30,2)28-23(20)27-24(21)31(29-16)19-7-4-3-5-8-19/h3-5,7-12H,6,13-15H2,1-2H3,(H,27,28). The Hall–Kier alpha value is -2.89. The fraction of sp³-hybridized carbons (Fsp3) is 0.280. The normalized spacial score (nSPS) is 20.5. The molecule has 1 atom stereocenters. The number of pyridine rings is 1. The number of rotatable bonds is 2. The predicted molar refractivity (Wildman–Crippen MR) is 126 cm³/mol. The van der Waals surface area contributed by atoms with Crippen molar-refractivity contribution in [3.63, 3.8) is 0 Å². The van der Waals surface area contributed by atoms with Gasteiger partial charge in [0.2, 0.25) is 0 Å². The molecule has 4 heterocycles. The SMILES string of the molecule is Cc1nn(-c2ccccc2)c2nc3c(c(-c4ccc(Cl)cc4)c12)CN1CCCC1(C)N3. The summed E-state index contributed by atoms with van der Waals surface area (Å²) >= 11 is 6.22. The van der Waals surface area contributed by atoms with Crippen LogP contribution in [0.15, 0.2) is 54.6 Å². The van der Waals surface area contributed by atoms with Crippen LogP contribution < -0.4 is 5.32 Å². The second-order valence-electron chi connectivity index (χ2n) is 8.78. The number of nitrogens with zero attached hydrogens (tertiary/aromatic N) is 4. The molecule has 1 unspecified atom stereocenters. The van der Waals surface area contributed by atoms with E-state index in [-0.39, 0.29) is 5.66 Å².